The number of rotatable bonds is 2. The Morgan fingerprint density at radius 2 is 1.80 bits per heavy atom. The van der Waals surface area contributed by atoms with Crippen molar-refractivity contribution in [2.45, 2.75) is 13.5 Å². The second kappa shape index (κ2) is 4.29. The average Bonchev–Trinajstić information content (AvgIpc) is 2.18. The summed E-state index contributed by atoms with van der Waals surface area (Å²) in [6.45, 7) is 0.406. The van der Waals surface area contributed by atoms with Crippen molar-refractivity contribution in [3.8, 4) is 0 Å². The Morgan fingerprint density at radius 1 is 1.20 bits per heavy atom. The minimum Gasteiger partial charge on any atom is -0.461 e. The summed E-state index contributed by atoms with van der Waals surface area (Å²) in [5.74, 6) is -7.64. The molecule has 1 rings (SSSR count). The van der Waals surface area contributed by atoms with E-state index in [1.165, 1.54) is 0 Å². The molecule has 0 aliphatic carbocycles. The lowest BCUT2D eigenvalue weighted by Gasteiger charge is -2.05. The number of halogens is 4. The molecule has 0 aliphatic heterocycles. The van der Waals surface area contributed by atoms with E-state index in [1.54, 1.807) is 0 Å². The average molecular weight is 222 g/mol. The molecule has 82 valence electrons. The lowest BCUT2D eigenvalue weighted by Crippen LogP contribution is -2.05. The highest BCUT2D eigenvalue weighted by atomic mass is 19.2. The molecule has 0 saturated heterocycles. The lowest BCUT2D eigenvalue weighted by molar-refractivity contribution is -0.142. The third kappa shape index (κ3) is 2.45. The van der Waals surface area contributed by atoms with Crippen molar-refractivity contribution in [3.05, 3.63) is 34.9 Å². The van der Waals surface area contributed by atoms with Crippen molar-refractivity contribution in [2.75, 3.05) is 0 Å². The molecule has 0 radical (unpaired) electrons. The van der Waals surface area contributed by atoms with Gasteiger partial charge in [0, 0.05) is 12.5 Å². The van der Waals surface area contributed by atoms with Gasteiger partial charge in [0.15, 0.2) is 23.3 Å². The van der Waals surface area contributed by atoms with Gasteiger partial charge < -0.3 is 4.74 Å². The van der Waals surface area contributed by atoms with E-state index in [1.807, 2.05) is 0 Å². The van der Waals surface area contributed by atoms with Crippen LogP contribution in [0, 0.1) is 23.3 Å². The molecule has 0 spiro atoms. The second-order valence-corrected chi connectivity index (χ2v) is 2.74. The summed E-state index contributed by atoms with van der Waals surface area (Å²) in [5, 5.41) is 0. The van der Waals surface area contributed by atoms with Gasteiger partial charge in [0.05, 0.1) is 0 Å². The molecule has 0 bridgehead atoms. The first-order valence-corrected chi connectivity index (χ1v) is 3.88. The Morgan fingerprint density at radius 3 is 2.33 bits per heavy atom. The highest BCUT2D eigenvalue weighted by molar-refractivity contribution is 5.65. The van der Waals surface area contributed by atoms with Gasteiger partial charge in [0.1, 0.15) is 6.61 Å². The van der Waals surface area contributed by atoms with Crippen LogP contribution in [0.25, 0.3) is 0 Å². The van der Waals surface area contributed by atoms with Crippen molar-refractivity contribution in [1.29, 1.82) is 0 Å². The fraction of sp³-hybridized carbons (Fsp3) is 0.222. The van der Waals surface area contributed by atoms with Crippen LogP contribution in [-0.2, 0) is 16.1 Å². The molecule has 0 amide bonds. The number of benzene rings is 1. The van der Waals surface area contributed by atoms with E-state index >= 15 is 0 Å². The molecule has 0 aliphatic rings. The van der Waals surface area contributed by atoms with E-state index in [0.29, 0.717) is 6.07 Å². The van der Waals surface area contributed by atoms with Gasteiger partial charge in [0.2, 0.25) is 0 Å². The first-order chi connectivity index (χ1) is 6.93. The topological polar surface area (TPSA) is 26.3 Å². The van der Waals surface area contributed by atoms with Crippen LogP contribution < -0.4 is 0 Å². The predicted molar refractivity (Wildman–Crippen MR) is 41.7 cm³/mol. The Kier molecular flexibility index (Phi) is 3.28. The molecule has 6 heteroatoms. The fourth-order valence-corrected chi connectivity index (χ4v) is 0.906. The highest BCUT2D eigenvalue weighted by Gasteiger charge is 2.19. The summed E-state index contributed by atoms with van der Waals surface area (Å²) < 4.78 is 55.0. The van der Waals surface area contributed by atoms with Crippen LogP contribution in [0.1, 0.15) is 12.5 Å². The van der Waals surface area contributed by atoms with Gasteiger partial charge in [0.25, 0.3) is 0 Å². The minimum absolute atomic E-state index is 0.441. The number of carbonyl (C=O) groups excluding carboxylic acids is 1. The molecule has 0 fully saturated rings. The SMILES string of the molecule is CC(=O)OCc1cc(F)c(F)c(F)c1F. The summed E-state index contributed by atoms with van der Waals surface area (Å²) in [6.07, 6.45) is 0. The Bertz CT molecular complexity index is 404. The number of hydrogen-bond acceptors (Lipinski definition) is 2. The summed E-state index contributed by atoms with van der Waals surface area (Å²) in [7, 11) is 0. The molecule has 0 atom stereocenters. The van der Waals surface area contributed by atoms with Crippen LogP contribution in [0.5, 0.6) is 0 Å². The molecule has 0 unspecified atom stereocenters. The molecule has 1 aromatic carbocycles. The quantitative estimate of drug-likeness (QED) is 0.332. The normalized spacial score (nSPS) is 10.2. The van der Waals surface area contributed by atoms with E-state index < -0.39 is 41.4 Å². The van der Waals surface area contributed by atoms with Crippen LogP contribution in [-0.4, -0.2) is 5.97 Å². The molecule has 1 aromatic rings. The van der Waals surface area contributed by atoms with Crippen molar-refractivity contribution >= 4 is 5.97 Å². The zero-order valence-corrected chi connectivity index (χ0v) is 7.61. The Labute approximate surface area is 82.5 Å². The minimum atomic E-state index is -1.92. The van der Waals surface area contributed by atoms with Gasteiger partial charge in [-0.1, -0.05) is 0 Å². The van der Waals surface area contributed by atoms with Gasteiger partial charge in [-0.25, -0.2) is 17.6 Å². The van der Waals surface area contributed by atoms with Crippen molar-refractivity contribution < 1.29 is 27.1 Å². The molecule has 2 nitrogen and oxygen atoms in total. The lowest BCUT2D eigenvalue weighted by atomic mass is 10.2. The van der Waals surface area contributed by atoms with Gasteiger partial charge >= 0.3 is 5.97 Å². The largest absolute Gasteiger partial charge is 0.461 e. The molecule has 0 N–H and O–H groups in total. The third-order valence-electron chi connectivity index (χ3n) is 1.61. The number of carbonyl (C=O) groups is 1. The maximum atomic E-state index is 12.9. The maximum absolute atomic E-state index is 12.9. The van der Waals surface area contributed by atoms with E-state index in [2.05, 4.69) is 4.74 Å². The van der Waals surface area contributed by atoms with Gasteiger partial charge in [-0.3, -0.25) is 4.79 Å². The van der Waals surface area contributed by atoms with Crippen LogP contribution in [0.15, 0.2) is 6.07 Å². The summed E-state index contributed by atoms with van der Waals surface area (Å²) in [4.78, 5) is 10.4. The zero-order chi connectivity index (χ0) is 11.6. The molecule has 0 aromatic heterocycles. The molecule has 0 saturated carbocycles. The standard InChI is InChI=1S/C9H6F4O2/c1-4(14)15-3-5-2-6(10)8(12)9(13)7(5)11/h2H,3H2,1H3. The molecule has 0 heterocycles. The molecule has 15 heavy (non-hydrogen) atoms. The van der Waals surface area contributed by atoms with Gasteiger partial charge in [-0.2, -0.15) is 0 Å². The molecular formula is C9H6F4O2. The van der Waals surface area contributed by atoms with Crippen LogP contribution in [0.3, 0.4) is 0 Å². The van der Waals surface area contributed by atoms with Crippen LogP contribution >= 0.6 is 0 Å². The number of ether oxygens (including phenoxy) is 1. The van der Waals surface area contributed by atoms with E-state index in [-0.39, 0.29) is 0 Å². The summed E-state index contributed by atoms with van der Waals surface area (Å²) in [5.41, 5.74) is -0.554. The van der Waals surface area contributed by atoms with Gasteiger partial charge in [-0.15, -0.1) is 0 Å². The van der Waals surface area contributed by atoms with E-state index in [4.69, 9.17) is 0 Å². The third-order valence-corrected chi connectivity index (χ3v) is 1.61. The number of esters is 1. The highest BCUT2D eigenvalue weighted by Crippen LogP contribution is 2.19. The van der Waals surface area contributed by atoms with Crippen LogP contribution in [0.2, 0.25) is 0 Å². The van der Waals surface area contributed by atoms with Crippen LogP contribution in [0.4, 0.5) is 17.6 Å². The molecular weight excluding hydrogens is 216 g/mol. The smallest absolute Gasteiger partial charge is 0.302 e. The van der Waals surface area contributed by atoms with E-state index in [9.17, 15) is 22.4 Å². The second-order valence-electron chi connectivity index (χ2n) is 2.74. The van der Waals surface area contributed by atoms with Crippen molar-refractivity contribution in [3.63, 3.8) is 0 Å². The summed E-state index contributed by atoms with van der Waals surface area (Å²) >= 11 is 0. The first-order valence-electron chi connectivity index (χ1n) is 3.88. The number of hydrogen-bond donors (Lipinski definition) is 0. The van der Waals surface area contributed by atoms with E-state index in [0.717, 1.165) is 6.92 Å². The Balaban J connectivity index is 3.04. The van der Waals surface area contributed by atoms with Gasteiger partial charge in [-0.05, 0) is 6.07 Å². The van der Waals surface area contributed by atoms with Crippen molar-refractivity contribution in [2.24, 2.45) is 0 Å². The monoisotopic (exact) mass is 222 g/mol. The maximum Gasteiger partial charge on any atom is 0.302 e. The Hall–Kier alpha value is -1.59. The van der Waals surface area contributed by atoms with Crippen molar-refractivity contribution in [1.82, 2.24) is 0 Å². The first kappa shape index (κ1) is 11.5. The summed E-state index contributed by atoms with van der Waals surface area (Å²) in [6, 6.07) is 0.441. The fourth-order valence-electron chi connectivity index (χ4n) is 0.906. The zero-order valence-electron chi connectivity index (χ0n) is 7.61. The predicted octanol–water partition coefficient (Wildman–Crippen LogP) is 2.31.